The van der Waals surface area contributed by atoms with E-state index >= 15 is 0 Å². The molecule has 2 atom stereocenters. The molecule has 26 heavy (non-hydrogen) atoms. The van der Waals surface area contributed by atoms with Gasteiger partial charge < -0.3 is 24.7 Å². The maximum atomic E-state index is 12.1. The lowest BCUT2D eigenvalue weighted by Crippen LogP contribution is -2.38. The number of benzene rings is 1. The van der Waals surface area contributed by atoms with Gasteiger partial charge in [0.1, 0.15) is 17.7 Å². The number of aromatic nitrogens is 2. The van der Waals surface area contributed by atoms with Gasteiger partial charge in [-0.25, -0.2) is 4.98 Å². The Morgan fingerprint density at radius 2 is 2.19 bits per heavy atom. The maximum absolute atomic E-state index is 12.1. The molecule has 1 aromatic carbocycles. The molecule has 1 aromatic heterocycles. The van der Waals surface area contributed by atoms with Crippen molar-refractivity contribution in [3.63, 3.8) is 0 Å². The number of hydrogen-bond donors (Lipinski definition) is 2. The number of carbonyl (C=O) groups is 1. The number of hydrogen-bond acceptors (Lipinski definition) is 5. The van der Waals surface area contributed by atoms with Crippen molar-refractivity contribution in [1.82, 2.24) is 14.9 Å². The van der Waals surface area contributed by atoms with Crippen LogP contribution in [0.1, 0.15) is 31.2 Å². The molecule has 1 amide bonds. The maximum Gasteiger partial charge on any atom is 0.225 e. The summed E-state index contributed by atoms with van der Waals surface area (Å²) in [4.78, 5) is 16.5. The van der Waals surface area contributed by atoms with Crippen LogP contribution in [0.25, 0.3) is 0 Å². The number of nitrogens with zero attached hydrogens (tertiary/aromatic N) is 2. The van der Waals surface area contributed by atoms with E-state index in [-0.39, 0.29) is 12.0 Å². The molecule has 1 aliphatic heterocycles. The van der Waals surface area contributed by atoms with Crippen molar-refractivity contribution in [3.05, 3.63) is 42.5 Å². The van der Waals surface area contributed by atoms with Crippen LogP contribution < -0.4 is 15.4 Å². The van der Waals surface area contributed by atoms with Crippen LogP contribution in [-0.4, -0.2) is 41.8 Å². The summed E-state index contributed by atoms with van der Waals surface area (Å²) in [6, 6.07) is 7.65. The lowest BCUT2D eigenvalue weighted by molar-refractivity contribution is -0.116. The fourth-order valence-electron chi connectivity index (χ4n) is 3.14. The first-order valence-electron chi connectivity index (χ1n) is 8.92. The van der Waals surface area contributed by atoms with Crippen LogP contribution in [0.4, 0.5) is 5.69 Å². The lowest BCUT2D eigenvalue weighted by Gasteiger charge is -2.29. The Bertz CT molecular complexity index is 714. The molecule has 1 aliphatic rings. The fourth-order valence-corrected chi connectivity index (χ4v) is 3.14. The highest BCUT2D eigenvalue weighted by atomic mass is 16.5. The predicted octanol–water partition coefficient (Wildman–Crippen LogP) is 2.27. The van der Waals surface area contributed by atoms with Crippen molar-refractivity contribution in [2.45, 2.75) is 31.4 Å². The molecular weight excluding hydrogens is 332 g/mol. The monoisotopic (exact) mass is 358 g/mol. The highest BCUT2D eigenvalue weighted by molar-refractivity contribution is 5.90. The summed E-state index contributed by atoms with van der Waals surface area (Å²) < 4.78 is 13.0. The van der Waals surface area contributed by atoms with E-state index in [1.54, 1.807) is 13.3 Å². The van der Waals surface area contributed by atoms with Gasteiger partial charge in [-0.05, 0) is 37.1 Å². The second kappa shape index (κ2) is 8.82. The minimum absolute atomic E-state index is 0.00428. The number of aryl methyl sites for hydroxylation is 1. The first-order valence-corrected chi connectivity index (χ1v) is 8.92. The molecule has 0 spiro atoms. The molecule has 0 saturated carbocycles. The van der Waals surface area contributed by atoms with E-state index in [0.717, 1.165) is 30.1 Å². The first-order chi connectivity index (χ1) is 12.7. The standard InChI is InChI=1S/C19H26N4O3/c1-23-11-10-21-19(23)17-13-15(8-12-26-17)20-9-7-18(24)22-14-3-5-16(25-2)6-4-14/h3-6,10-11,15,17,20H,7-9,12-13H2,1-2H3,(H,22,24). The van der Waals surface area contributed by atoms with E-state index < -0.39 is 0 Å². The Labute approximate surface area is 153 Å². The molecule has 2 aromatic rings. The normalized spacial score (nSPS) is 19.9. The minimum atomic E-state index is -0.00428. The van der Waals surface area contributed by atoms with Gasteiger partial charge in [0.2, 0.25) is 5.91 Å². The molecule has 140 valence electrons. The fraction of sp³-hybridized carbons (Fsp3) is 0.474. The summed E-state index contributed by atoms with van der Waals surface area (Å²) in [6.07, 6.45) is 5.97. The van der Waals surface area contributed by atoms with Crippen LogP contribution in [0, 0.1) is 0 Å². The van der Waals surface area contributed by atoms with Crippen molar-refractivity contribution in [1.29, 1.82) is 0 Å². The number of carbonyl (C=O) groups excluding carboxylic acids is 1. The molecule has 2 N–H and O–H groups in total. The van der Waals surface area contributed by atoms with Crippen molar-refractivity contribution in [2.24, 2.45) is 7.05 Å². The van der Waals surface area contributed by atoms with Crippen LogP contribution >= 0.6 is 0 Å². The van der Waals surface area contributed by atoms with Crippen molar-refractivity contribution in [3.8, 4) is 5.75 Å². The Morgan fingerprint density at radius 3 is 2.88 bits per heavy atom. The molecule has 0 aliphatic carbocycles. The third-order valence-corrected chi connectivity index (χ3v) is 4.59. The molecule has 0 bridgehead atoms. The van der Waals surface area contributed by atoms with Gasteiger partial charge in [-0.3, -0.25) is 4.79 Å². The molecule has 3 rings (SSSR count). The van der Waals surface area contributed by atoms with Gasteiger partial charge in [0.15, 0.2) is 0 Å². The lowest BCUT2D eigenvalue weighted by atomic mass is 10.0. The summed E-state index contributed by atoms with van der Waals surface area (Å²) in [5.41, 5.74) is 0.775. The van der Waals surface area contributed by atoms with Gasteiger partial charge in [0, 0.05) is 50.7 Å². The van der Waals surface area contributed by atoms with E-state index in [1.807, 2.05) is 42.1 Å². The number of ether oxygens (including phenoxy) is 2. The van der Waals surface area contributed by atoms with Crippen LogP contribution in [0.2, 0.25) is 0 Å². The Morgan fingerprint density at radius 1 is 1.38 bits per heavy atom. The Balaban J connectivity index is 1.41. The number of imidazole rings is 1. The van der Waals surface area contributed by atoms with Crippen LogP contribution in [0.15, 0.2) is 36.7 Å². The van der Waals surface area contributed by atoms with Gasteiger partial charge in [-0.1, -0.05) is 0 Å². The summed E-state index contributed by atoms with van der Waals surface area (Å²) in [7, 11) is 3.60. The third-order valence-electron chi connectivity index (χ3n) is 4.59. The Hall–Kier alpha value is -2.38. The van der Waals surface area contributed by atoms with Crippen LogP contribution in [-0.2, 0) is 16.6 Å². The first kappa shape index (κ1) is 18.4. The van der Waals surface area contributed by atoms with E-state index in [0.29, 0.717) is 25.6 Å². The number of nitrogens with one attached hydrogen (secondary N) is 2. The zero-order chi connectivity index (χ0) is 18.4. The topological polar surface area (TPSA) is 77.4 Å². The average Bonchev–Trinajstić information content (AvgIpc) is 3.08. The number of rotatable bonds is 7. The largest absolute Gasteiger partial charge is 0.497 e. The van der Waals surface area contributed by atoms with E-state index in [2.05, 4.69) is 15.6 Å². The number of methoxy groups -OCH3 is 1. The molecule has 7 nitrogen and oxygen atoms in total. The third kappa shape index (κ3) is 4.83. The highest BCUT2D eigenvalue weighted by Gasteiger charge is 2.26. The second-order valence-corrected chi connectivity index (χ2v) is 6.46. The van der Waals surface area contributed by atoms with Crippen LogP contribution in [0.5, 0.6) is 5.75 Å². The zero-order valence-corrected chi connectivity index (χ0v) is 15.3. The summed E-state index contributed by atoms with van der Waals surface area (Å²) >= 11 is 0. The smallest absolute Gasteiger partial charge is 0.225 e. The predicted molar refractivity (Wildman–Crippen MR) is 99.2 cm³/mol. The van der Waals surface area contributed by atoms with Crippen molar-refractivity contribution in [2.75, 3.05) is 25.6 Å². The molecule has 2 heterocycles. The minimum Gasteiger partial charge on any atom is -0.497 e. The molecule has 7 heteroatoms. The van der Waals surface area contributed by atoms with Gasteiger partial charge >= 0.3 is 0 Å². The van der Waals surface area contributed by atoms with Gasteiger partial charge in [0.25, 0.3) is 0 Å². The van der Waals surface area contributed by atoms with Gasteiger partial charge in [0.05, 0.1) is 7.11 Å². The summed E-state index contributed by atoms with van der Waals surface area (Å²) in [5.74, 6) is 1.72. The molecule has 0 radical (unpaired) electrons. The zero-order valence-electron chi connectivity index (χ0n) is 15.3. The van der Waals surface area contributed by atoms with Gasteiger partial charge in [-0.2, -0.15) is 0 Å². The van der Waals surface area contributed by atoms with Crippen molar-refractivity contribution >= 4 is 11.6 Å². The molecule has 2 unspecified atom stereocenters. The van der Waals surface area contributed by atoms with Crippen LogP contribution in [0.3, 0.4) is 0 Å². The quantitative estimate of drug-likeness (QED) is 0.794. The molecule has 1 fully saturated rings. The number of anilines is 1. The SMILES string of the molecule is COc1ccc(NC(=O)CCNC2CCOC(c3nccn3C)C2)cc1. The molecule has 1 saturated heterocycles. The van der Waals surface area contributed by atoms with Gasteiger partial charge in [-0.15, -0.1) is 0 Å². The summed E-state index contributed by atoms with van der Waals surface area (Å²) in [6.45, 7) is 1.34. The highest BCUT2D eigenvalue weighted by Crippen LogP contribution is 2.26. The van der Waals surface area contributed by atoms with E-state index in [9.17, 15) is 4.79 Å². The second-order valence-electron chi connectivity index (χ2n) is 6.46. The van der Waals surface area contributed by atoms with E-state index in [4.69, 9.17) is 9.47 Å². The van der Waals surface area contributed by atoms with Crippen molar-refractivity contribution < 1.29 is 14.3 Å². The summed E-state index contributed by atoms with van der Waals surface area (Å²) in [5, 5.41) is 6.37. The Kier molecular flexibility index (Phi) is 6.25. The molecular formula is C19H26N4O3. The number of amides is 1. The average molecular weight is 358 g/mol. The van der Waals surface area contributed by atoms with E-state index in [1.165, 1.54) is 0 Å².